The Morgan fingerprint density at radius 2 is 1.67 bits per heavy atom. The van der Waals surface area contributed by atoms with E-state index in [2.05, 4.69) is 51.2 Å². The summed E-state index contributed by atoms with van der Waals surface area (Å²) in [6, 6.07) is 8.42. The van der Waals surface area contributed by atoms with Gasteiger partial charge < -0.3 is 10.1 Å². The molecule has 0 aliphatic carbocycles. The monoisotopic (exact) mass is 291 g/mol. The molecule has 0 aliphatic rings. The molecule has 1 atom stereocenters. The summed E-state index contributed by atoms with van der Waals surface area (Å²) < 4.78 is 5.49. The second kappa shape index (κ2) is 9.83. The normalized spacial score (nSPS) is 12.9. The van der Waals surface area contributed by atoms with E-state index >= 15 is 0 Å². The molecule has 0 heterocycles. The van der Waals surface area contributed by atoms with Crippen molar-refractivity contribution in [3.8, 4) is 5.75 Å². The van der Waals surface area contributed by atoms with Gasteiger partial charge in [-0.15, -0.1) is 0 Å². The Morgan fingerprint density at radius 1 is 0.952 bits per heavy atom. The smallest absolute Gasteiger partial charge is 0.122 e. The molecule has 0 bridgehead atoms. The van der Waals surface area contributed by atoms with Crippen molar-refractivity contribution in [1.29, 1.82) is 0 Å². The Kier molecular flexibility index (Phi) is 8.44. The summed E-state index contributed by atoms with van der Waals surface area (Å²) in [5.41, 5.74) is 1.33. The highest BCUT2D eigenvalue weighted by molar-refractivity contribution is 5.33. The van der Waals surface area contributed by atoms with Gasteiger partial charge in [-0.25, -0.2) is 0 Å². The zero-order valence-corrected chi connectivity index (χ0v) is 14.5. The van der Waals surface area contributed by atoms with Gasteiger partial charge in [0.15, 0.2) is 0 Å². The Hall–Kier alpha value is -1.02. The summed E-state index contributed by atoms with van der Waals surface area (Å²) in [6.45, 7) is 11.3. The average molecular weight is 291 g/mol. The van der Waals surface area contributed by atoms with E-state index in [1.54, 1.807) is 7.11 Å². The van der Waals surface area contributed by atoms with Crippen LogP contribution in [-0.4, -0.2) is 20.2 Å². The minimum absolute atomic E-state index is 0.683. The lowest BCUT2D eigenvalue weighted by atomic mass is 9.91. The first kappa shape index (κ1) is 18.0. The van der Waals surface area contributed by atoms with Crippen LogP contribution in [0.4, 0.5) is 0 Å². The molecule has 2 heteroatoms. The first-order valence-electron chi connectivity index (χ1n) is 8.35. The van der Waals surface area contributed by atoms with Gasteiger partial charge in [-0.05, 0) is 55.3 Å². The van der Waals surface area contributed by atoms with E-state index < -0.39 is 0 Å². The van der Waals surface area contributed by atoms with Crippen molar-refractivity contribution in [2.45, 2.75) is 47.0 Å². The topological polar surface area (TPSA) is 21.3 Å². The fourth-order valence-corrected chi connectivity index (χ4v) is 2.60. The number of hydrogen-bond acceptors (Lipinski definition) is 2. The van der Waals surface area contributed by atoms with Crippen LogP contribution < -0.4 is 10.1 Å². The van der Waals surface area contributed by atoms with Gasteiger partial charge in [-0.1, -0.05) is 52.3 Å². The zero-order valence-electron chi connectivity index (χ0n) is 14.5. The van der Waals surface area contributed by atoms with Crippen molar-refractivity contribution in [3.63, 3.8) is 0 Å². The summed E-state index contributed by atoms with van der Waals surface area (Å²) in [4.78, 5) is 0. The lowest BCUT2D eigenvalue weighted by Crippen LogP contribution is -2.28. The van der Waals surface area contributed by atoms with Crippen molar-refractivity contribution < 1.29 is 4.74 Å². The van der Waals surface area contributed by atoms with E-state index in [0.29, 0.717) is 11.8 Å². The molecule has 1 N–H and O–H groups in total. The van der Waals surface area contributed by atoms with Crippen molar-refractivity contribution in [2.24, 2.45) is 17.8 Å². The van der Waals surface area contributed by atoms with Crippen LogP contribution in [0.15, 0.2) is 24.3 Å². The lowest BCUT2D eigenvalue weighted by molar-refractivity contribution is 0.374. The van der Waals surface area contributed by atoms with Crippen molar-refractivity contribution >= 4 is 0 Å². The molecule has 1 aromatic rings. The fraction of sp³-hybridized carbons (Fsp3) is 0.684. The van der Waals surface area contributed by atoms with Crippen LogP contribution in [0.3, 0.4) is 0 Å². The first-order chi connectivity index (χ1) is 10.0. The Labute approximate surface area is 131 Å². The van der Waals surface area contributed by atoms with Crippen LogP contribution >= 0.6 is 0 Å². The third kappa shape index (κ3) is 7.52. The molecule has 0 saturated carbocycles. The second-order valence-electron chi connectivity index (χ2n) is 6.91. The largest absolute Gasteiger partial charge is 0.496 e. The summed E-state index contributed by atoms with van der Waals surface area (Å²) in [5.74, 6) is 3.19. The maximum Gasteiger partial charge on any atom is 0.122 e. The Morgan fingerprint density at radius 3 is 2.29 bits per heavy atom. The van der Waals surface area contributed by atoms with Gasteiger partial charge in [0.1, 0.15) is 5.75 Å². The fourth-order valence-electron chi connectivity index (χ4n) is 2.60. The second-order valence-corrected chi connectivity index (χ2v) is 6.91. The molecule has 0 amide bonds. The molecule has 0 saturated heterocycles. The van der Waals surface area contributed by atoms with Gasteiger partial charge in [0.25, 0.3) is 0 Å². The summed E-state index contributed by atoms with van der Waals surface area (Å²) in [6.07, 6.45) is 3.67. The number of para-hydroxylation sites is 1. The van der Waals surface area contributed by atoms with Crippen LogP contribution in [0, 0.1) is 17.8 Å². The van der Waals surface area contributed by atoms with Crippen LogP contribution in [0.2, 0.25) is 0 Å². The Bertz CT molecular complexity index is 387. The minimum atomic E-state index is 0.683. The molecule has 0 aliphatic heterocycles. The number of nitrogens with one attached hydrogen (secondary N) is 1. The quantitative estimate of drug-likeness (QED) is 0.683. The average Bonchev–Trinajstić information content (AvgIpc) is 2.44. The molecule has 1 rings (SSSR count). The van der Waals surface area contributed by atoms with Crippen LogP contribution in [0.5, 0.6) is 5.75 Å². The lowest BCUT2D eigenvalue weighted by Gasteiger charge is -2.20. The molecular formula is C19H33NO. The first-order valence-corrected chi connectivity index (χ1v) is 8.35. The third-order valence-electron chi connectivity index (χ3n) is 3.84. The van der Waals surface area contributed by atoms with Gasteiger partial charge in [0.05, 0.1) is 7.11 Å². The third-order valence-corrected chi connectivity index (χ3v) is 3.84. The van der Waals surface area contributed by atoms with Crippen LogP contribution in [-0.2, 0) is 6.42 Å². The minimum Gasteiger partial charge on any atom is -0.496 e. The van der Waals surface area contributed by atoms with E-state index in [0.717, 1.165) is 31.2 Å². The molecule has 0 radical (unpaired) electrons. The predicted molar refractivity (Wildman–Crippen MR) is 92.0 cm³/mol. The summed E-state index contributed by atoms with van der Waals surface area (Å²) in [7, 11) is 1.76. The van der Waals surface area contributed by atoms with Gasteiger partial charge in [0, 0.05) is 0 Å². The summed E-state index contributed by atoms with van der Waals surface area (Å²) >= 11 is 0. The van der Waals surface area contributed by atoms with Gasteiger partial charge in [-0.2, -0.15) is 0 Å². The molecule has 1 aromatic carbocycles. The van der Waals surface area contributed by atoms with E-state index in [1.165, 1.54) is 18.4 Å². The van der Waals surface area contributed by atoms with Crippen molar-refractivity contribution in [2.75, 3.05) is 20.2 Å². The summed E-state index contributed by atoms with van der Waals surface area (Å²) in [5, 5.41) is 3.63. The maximum atomic E-state index is 5.49. The molecule has 21 heavy (non-hydrogen) atoms. The van der Waals surface area contributed by atoms with Crippen molar-refractivity contribution in [3.05, 3.63) is 29.8 Å². The number of rotatable bonds is 10. The van der Waals surface area contributed by atoms with E-state index in [4.69, 9.17) is 4.74 Å². The van der Waals surface area contributed by atoms with E-state index in [-0.39, 0.29) is 0 Å². The van der Waals surface area contributed by atoms with Crippen LogP contribution in [0.1, 0.15) is 46.1 Å². The van der Waals surface area contributed by atoms with E-state index in [1.807, 2.05) is 6.07 Å². The van der Waals surface area contributed by atoms with Crippen molar-refractivity contribution in [1.82, 2.24) is 5.32 Å². The molecule has 0 spiro atoms. The highest BCUT2D eigenvalue weighted by Gasteiger charge is 2.13. The SMILES string of the molecule is COc1ccccc1CC(CCC(C)C)CNCC(C)C. The number of ether oxygens (including phenoxy) is 1. The highest BCUT2D eigenvalue weighted by atomic mass is 16.5. The molecule has 1 unspecified atom stereocenters. The number of methoxy groups -OCH3 is 1. The standard InChI is InChI=1S/C19H33NO/c1-15(2)10-11-17(14-20-13-16(3)4)12-18-8-6-7-9-19(18)21-5/h6-9,15-17,20H,10-14H2,1-5H3. The zero-order chi connectivity index (χ0) is 15.7. The van der Waals surface area contributed by atoms with Gasteiger partial charge in [-0.3, -0.25) is 0 Å². The maximum absolute atomic E-state index is 5.49. The van der Waals surface area contributed by atoms with Gasteiger partial charge >= 0.3 is 0 Å². The molecule has 2 nitrogen and oxygen atoms in total. The molecule has 0 fully saturated rings. The van der Waals surface area contributed by atoms with E-state index in [9.17, 15) is 0 Å². The van der Waals surface area contributed by atoms with Crippen LogP contribution in [0.25, 0.3) is 0 Å². The predicted octanol–water partition coefficient (Wildman–Crippen LogP) is 4.54. The molecule has 120 valence electrons. The van der Waals surface area contributed by atoms with Gasteiger partial charge in [0.2, 0.25) is 0 Å². The molecule has 0 aromatic heterocycles. The Balaban J connectivity index is 2.61. The highest BCUT2D eigenvalue weighted by Crippen LogP contribution is 2.23. The number of benzene rings is 1. The molecular weight excluding hydrogens is 258 g/mol. The number of hydrogen-bond donors (Lipinski definition) is 1.